The molecule has 1 aliphatic heterocycles. The minimum atomic E-state index is -0.533. The SMILES string of the molecule is CN(C)Cc1cccc([C@H](Nc2cc(Cl)c3ncc(C#N)c(Nc4ccc(F)c(Cl)c4)c3c2)c2cn(C3CCN(C(C)(C)C)CC3)nn2)c1. The lowest BCUT2D eigenvalue weighted by Crippen LogP contribution is -2.46. The van der Waals surface area contributed by atoms with Crippen molar-refractivity contribution >= 4 is 51.2 Å². The van der Waals surface area contributed by atoms with E-state index in [1.165, 1.54) is 23.9 Å². The van der Waals surface area contributed by atoms with Crippen LogP contribution in [-0.4, -0.2) is 62.5 Å². The highest BCUT2D eigenvalue weighted by Crippen LogP contribution is 2.37. The van der Waals surface area contributed by atoms with E-state index in [0.717, 1.165) is 43.7 Å². The third-order valence-corrected chi connectivity index (χ3v) is 9.52. The molecule has 0 spiro atoms. The molecule has 0 bridgehead atoms. The van der Waals surface area contributed by atoms with Gasteiger partial charge in [-0.1, -0.05) is 52.7 Å². The van der Waals surface area contributed by atoms with E-state index in [2.05, 4.69) is 87.9 Å². The molecule has 2 aromatic heterocycles. The van der Waals surface area contributed by atoms with E-state index in [1.54, 1.807) is 6.07 Å². The van der Waals surface area contributed by atoms with E-state index < -0.39 is 5.82 Å². The average molecular weight is 701 g/mol. The number of nitrogens with one attached hydrogen (secondary N) is 2. The summed E-state index contributed by atoms with van der Waals surface area (Å²) in [4.78, 5) is 9.15. The number of hydrogen-bond donors (Lipinski definition) is 2. The fourth-order valence-corrected chi connectivity index (χ4v) is 6.86. The van der Waals surface area contributed by atoms with Crippen molar-refractivity contribution in [2.75, 3.05) is 37.8 Å². The van der Waals surface area contributed by atoms with Gasteiger partial charge in [0, 0.05) is 48.1 Å². The second-order valence-corrected chi connectivity index (χ2v) is 14.7. The Kier molecular flexibility index (Phi) is 10.1. The van der Waals surface area contributed by atoms with Crippen molar-refractivity contribution in [3.63, 3.8) is 0 Å². The van der Waals surface area contributed by atoms with Crippen molar-refractivity contribution in [2.45, 2.75) is 57.8 Å². The van der Waals surface area contributed by atoms with Crippen LogP contribution in [0.1, 0.15) is 68.1 Å². The van der Waals surface area contributed by atoms with Gasteiger partial charge >= 0.3 is 0 Å². The van der Waals surface area contributed by atoms with Crippen LogP contribution in [0.4, 0.5) is 21.5 Å². The zero-order valence-electron chi connectivity index (χ0n) is 28.3. The number of likely N-dealkylation sites (tertiary alicyclic amines) is 1. The van der Waals surface area contributed by atoms with Gasteiger partial charge in [0.05, 0.1) is 45.1 Å². The van der Waals surface area contributed by atoms with Gasteiger partial charge in [0.1, 0.15) is 17.6 Å². The van der Waals surface area contributed by atoms with Gasteiger partial charge < -0.3 is 15.5 Å². The molecule has 49 heavy (non-hydrogen) atoms. The van der Waals surface area contributed by atoms with E-state index in [-0.39, 0.29) is 22.6 Å². The van der Waals surface area contributed by atoms with Crippen LogP contribution in [0.5, 0.6) is 0 Å². The largest absolute Gasteiger partial charge is 0.373 e. The summed E-state index contributed by atoms with van der Waals surface area (Å²) in [6.07, 6.45) is 5.52. The molecule has 6 rings (SSSR count). The van der Waals surface area contributed by atoms with E-state index in [1.807, 2.05) is 30.9 Å². The van der Waals surface area contributed by atoms with Gasteiger partial charge in [0.15, 0.2) is 0 Å². The van der Waals surface area contributed by atoms with Crippen LogP contribution < -0.4 is 10.6 Å². The van der Waals surface area contributed by atoms with Crippen molar-refractivity contribution in [3.05, 3.63) is 105 Å². The first kappa shape index (κ1) is 34.6. The first-order valence-electron chi connectivity index (χ1n) is 16.3. The van der Waals surface area contributed by atoms with E-state index in [9.17, 15) is 9.65 Å². The highest BCUT2D eigenvalue weighted by molar-refractivity contribution is 6.36. The van der Waals surface area contributed by atoms with Crippen molar-refractivity contribution in [3.8, 4) is 6.07 Å². The molecule has 1 aliphatic rings. The number of hydrogen-bond acceptors (Lipinski definition) is 8. The molecule has 0 saturated carbocycles. The standard InChI is InChI=1S/C37H40Cl2FN9/c1-37(2,3)48-13-11-28(12-14-48)49-22-33(45-46-49)35(24-8-6-7-23(15-24)21-47(4)5)44-27-16-29-34(43-26-9-10-32(40)30(38)17-26)25(19-41)20-42-36(29)31(39)18-27/h6-10,15-18,20,22,28,35,44H,11-14,21H2,1-5H3,(H,42,43)/t35-/m0/s1. The number of halogens is 3. The van der Waals surface area contributed by atoms with Gasteiger partial charge in [-0.05, 0) is 89.2 Å². The maximum absolute atomic E-state index is 13.9. The number of piperidine rings is 1. The molecule has 0 radical (unpaired) electrons. The number of nitrogens with zero attached hydrogens (tertiary/aromatic N) is 7. The fraction of sp³-hybridized carbons (Fsp3) is 0.351. The van der Waals surface area contributed by atoms with Crippen LogP contribution in [0, 0.1) is 17.1 Å². The lowest BCUT2D eigenvalue weighted by atomic mass is 9.98. The Morgan fingerprint density at radius 1 is 1.04 bits per heavy atom. The Morgan fingerprint density at radius 2 is 1.80 bits per heavy atom. The minimum Gasteiger partial charge on any atom is -0.373 e. The van der Waals surface area contributed by atoms with Crippen molar-refractivity contribution in [1.29, 1.82) is 5.26 Å². The first-order chi connectivity index (χ1) is 23.4. The van der Waals surface area contributed by atoms with Crippen molar-refractivity contribution in [2.24, 2.45) is 0 Å². The zero-order chi connectivity index (χ0) is 34.9. The van der Waals surface area contributed by atoms with Crippen LogP contribution in [-0.2, 0) is 6.54 Å². The highest BCUT2D eigenvalue weighted by Gasteiger charge is 2.29. The molecule has 5 aromatic rings. The summed E-state index contributed by atoms with van der Waals surface area (Å²) >= 11 is 12.9. The Balaban J connectivity index is 1.38. The Morgan fingerprint density at radius 3 is 2.49 bits per heavy atom. The molecule has 3 aromatic carbocycles. The Bertz CT molecular complexity index is 2010. The lowest BCUT2D eigenvalue weighted by molar-refractivity contribution is 0.0866. The number of fused-ring (bicyclic) bond motifs is 1. The topological polar surface area (TPSA) is 97.9 Å². The smallest absolute Gasteiger partial charge is 0.141 e. The minimum absolute atomic E-state index is 0.0330. The quantitative estimate of drug-likeness (QED) is 0.158. The fourth-order valence-electron chi connectivity index (χ4n) is 6.41. The molecule has 1 atom stereocenters. The molecule has 0 amide bonds. The first-order valence-corrected chi connectivity index (χ1v) is 17.1. The summed E-state index contributed by atoms with van der Waals surface area (Å²) < 4.78 is 15.9. The molecular weight excluding hydrogens is 660 g/mol. The second-order valence-electron chi connectivity index (χ2n) is 13.8. The summed E-state index contributed by atoms with van der Waals surface area (Å²) in [5.74, 6) is -0.533. The predicted molar refractivity (Wildman–Crippen MR) is 195 cm³/mol. The maximum Gasteiger partial charge on any atom is 0.141 e. The van der Waals surface area contributed by atoms with E-state index in [0.29, 0.717) is 38.6 Å². The second kappa shape index (κ2) is 14.3. The summed E-state index contributed by atoms with van der Waals surface area (Å²) in [7, 11) is 4.09. The molecule has 0 unspecified atom stereocenters. The third-order valence-electron chi connectivity index (χ3n) is 8.94. The molecule has 12 heteroatoms. The molecule has 0 aliphatic carbocycles. The maximum atomic E-state index is 13.9. The highest BCUT2D eigenvalue weighted by atomic mass is 35.5. The van der Waals surface area contributed by atoms with E-state index in [4.69, 9.17) is 28.3 Å². The van der Waals surface area contributed by atoms with Crippen LogP contribution >= 0.6 is 23.2 Å². The van der Waals surface area contributed by atoms with Gasteiger partial charge in [0.25, 0.3) is 0 Å². The summed E-state index contributed by atoms with van der Waals surface area (Å²) in [5, 5.41) is 27.3. The number of benzene rings is 3. The van der Waals surface area contributed by atoms with Crippen LogP contribution in [0.3, 0.4) is 0 Å². The molecule has 1 saturated heterocycles. The van der Waals surface area contributed by atoms with E-state index >= 15 is 0 Å². The number of anilines is 3. The van der Waals surface area contributed by atoms with Gasteiger partial charge in [-0.3, -0.25) is 9.88 Å². The molecule has 1 fully saturated rings. The summed E-state index contributed by atoms with van der Waals surface area (Å²) in [5.41, 5.74) is 5.62. The number of nitriles is 1. The molecule has 3 heterocycles. The summed E-state index contributed by atoms with van der Waals surface area (Å²) in [6, 6.07) is 18.6. The number of pyridine rings is 1. The Hall–Kier alpha value is -4.27. The van der Waals surface area contributed by atoms with Gasteiger partial charge in [-0.2, -0.15) is 5.26 Å². The zero-order valence-corrected chi connectivity index (χ0v) is 29.8. The van der Waals surface area contributed by atoms with Gasteiger partial charge in [0.2, 0.25) is 0 Å². The summed E-state index contributed by atoms with van der Waals surface area (Å²) in [6.45, 7) is 9.57. The molecule has 2 N–H and O–H groups in total. The van der Waals surface area contributed by atoms with Crippen LogP contribution in [0.15, 0.2) is 67.0 Å². The van der Waals surface area contributed by atoms with Crippen LogP contribution in [0.25, 0.3) is 10.9 Å². The predicted octanol–water partition coefficient (Wildman–Crippen LogP) is 8.59. The number of rotatable bonds is 9. The normalized spacial score (nSPS) is 15.0. The van der Waals surface area contributed by atoms with Crippen LogP contribution in [0.2, 0.25) is 10.0 Å². The lowest BCUT2D eigenvalue weighted by Gasteiger charge is -2.40. The van der Waals surface area contributed by atoms with Crippen molar-refractivity contribution in [1.82, 2.24) is 29.8 Å². The van der Waals surface area contributed by atoms with Crippen molar-refractivity contribution < 1.29 is 4.39 Å². The van der Waals surface area contributed by atoms with Gasteiger partial charge in [-0.15, -0.1) is 5.10 Å². The third kappa shape index (κ3) is 7.81. The molecular formula is C37H40Cl2FN9. The number of aromatic nitrogens is 4. The monoisotopic (exact) mass is 699 g/mol. The Labute approximate surface area is 296 Å². The molecule has 254 valence electrons. The average Bonchev–Trinajstić information content (AvgIpc) is 3.55. The van der Waals surface area contributed by atoms with Gasteiger partial charge in [-0.25, -0.2) is 9.07 Å². The molecule has 9 nitrogen and oxygen atoms in total.